The van der Waals surface area contributed by atoms with Gasteiger partial charge < -0.3 is 14.6 Å². The van der Waals surface area contributed by atoms with Crippen LogP contribution in [0.15, 0.2) is 54.6 Å². The number of benzene rings is 2. The summed E-state index contributed by atoms with van der Waals surface area (Å²) in [4.78, 5) is 2.21. The summed E-state index contributed by atoms with van der Waals surface area (Å²) in [6.07, 6.45) is 0.363. The van der Waals surface area contributed by atoms with Gasteiger partial charge in [-0.1, -0.05) is 31.2 Å². The maximum atomic E-state index is 13.9. The second-order valence-electron chi connectivity index (χ2n) is 8.90. The van der Waals surface area contributed by atoms with E-state index in [1.165, 1.54) is 12.1 Å². The van der Waals surface area contributed by atoms with E-state index < -0.39 is 6.10 Å². The zero-order chi connectivity index (χ0) is 24.7. The molecule has 0 aliphatic rings. The Morgan fingerprint density at radius 2 is 1.82 bits per heavy atom. The predicted molar refractivity (Wildman–Crippen MR) is 132 cm³/mol. The summed E-state index contributed by atoms with van der Waals surface area (Å²) in [7, 11) is 0. The number of para-hydroxylation sites is 1. The molecule has 0 aliphatic carbocycles. The second-order valence-corrected chi connectivity index (χ2v) is 8.90. The molecule has 0 saturated heterocycles. The Labute approximate surface area is 201 Å². The van der Waals surface area contributed by atoms with Crippen LogP contribution in [-0.4, -0.2) is 51.2 Å². The van der Waals surface area contributed by atoms with Gasteiger partial charge in [0.15, 0.2) is 0 Å². The summed E-state index contributed by atoms with van der Waals surface area (Å²) in [6.45, 7) is 11.4. The Bertz CT molecular complexity index is 1040. The lowest BCUT2D eigenvalue weighted by Crippen LogP contribution is -2.40. The first-order valence-electron chi connectivity index (χ1n) is 11.9. The molecule has 0 amide bonds. The Morgan fingerprint density at radius 3 is 2.47 bits per heavy atom. The molecule has 2 aromatic carbocycles. The summed E-state index contributed by atoms with van der Waals surface area (Å²) in [5.41, 5.74) is 2.56. The number of ether oxygens (including phenoxy) is 2. The van der Waals surface area contributed by atoms with E-state index in [0.29, 0.717) is 24.7 Å². The van der Waals surface area contributed by atoms with Crippen LogP contribution in [0.4, 0.5) is 4.39 Å². The molecule has 1 heterocycles. The molecular formula is C27H36FN3O3. The number of rotatable bonds is 12. The minimum Gasteiger partial charge on any atom is -0.438 e. The summed E-state index contributed by atoms with van der Waals surface area (Å²) in [6, 6.07) is 16.0. The van der Waals surface area contributed by atoms with Crippen LogP contribution in [-0.2, 0) is 11.3 Å². The first kappa shape index (κ1) is 25.9. The number of halogens is 1. The minimum atomic E-state index is -0.617. The molecule has 0 unspecified atom stereocenters. The van der Waals surface area contributed by atoms with E-state index in [4.69, 9.17) is 14.6 Å². The third kappa shape index (κ3) is 6.88. The van der Waals surface area contributed by atoms with Gasteiger partial charge in [-0.05, 0) is 58.4 Å². The summed E-state index contributed by atoms with van der Waals surface area (Å²) < 4.78 is 27.5. The first-order valence-corrected chi connectivity index (χ1v) is 11.9. The molecular weight excluding hydrogens is 433 g/mol. The van der Waals surface area contributed by atoms with Gasteiger partial charge >= 0.3 is 0 Å². The average molecular weight is 470 g/mol. The highest BCUT2D eigenvalue weighted by atomic mass is 19.1. The molecule has 1 N–H and O–H groups in total. The van der Waals surface area contributed by atoms with Crippen molar-refractivity contribution in [2.75, 3.05) is 13.2 Å². The highest BCUT2D eigenvalue weighted by Crippen LogP contribution is 2.32. The molecule has 3 rings (SSSR count). The van der Waals surface area contributed by atoms with Gasteiger partial charge in [-0.2, -0.15) is 5.10 Å². The Balaban J connectivity index is 1.96. The summed E-state index contributed by atoms with van der Waals surface area (Å²) in [5.74, 6) is 0.574. The van der Waals surface area contributed by atoms with Gasteiger partial charge in [0.2, 0.25) is 5.88 Å². The van der Waals surface area contributed by atoms with Gasteiger partial charge in [0.25, 0.3) is 0 Å². The number of aliphatic hydroxyl groups excluding tert-OH is 1. The number of hydrogen-bond acceptors (Lipinski definition) is 5. The van der Waals surface area contributed by atoms with Gasteiger partial charge in [-0.15, -0.1) is 0 Å². The highest BCUT2D eigenvalue weighted by Gasteiger charge is 2.25. The van der Waals surface area contributed by atoms with Crippen LogP contribution in [0.5, 0.6) is 11.6 Å². The zero-order valence-electron chi connectivity index (χ0n) is 20.7. The van der Waals surface area contributed by atoms with Crippen molar-refractivity contribution in [1.29, 1.82) is 0 Å². The predicted octanol–water partition coefficient (Wildman–Crippen LogP) is 5.50. The van der Waals surface area contributed by atoms with Crippen LogP contribution in [0.2, 0.25) is 0 Å². The fourth-order valence-corrected chi connectivity index (χ4v) is 3.70. The topological polar surface area (TPSA) is 59.8 Å². The third-order valence-electron chi connectivity index (χ3n) is 5.79. The number of aliphatic hydroxyl groups is 1. The average Bonchev–Trinajstić information content (AvgIpc) is 3.12. The van der Waals surface area contributed by atoms with E-state index in [2.05, 4.69) is 18.7 Å². The number of aromatic nitrogens is 2. The lowest BCUT2D eigenvalue weighted by Gasteiger charge is -2.30. The molecule has 184 valence electrons. The van der Waals surface area contributed by atoms with Gasteiger partial charge in [-0.25, -0.2) is 9.07 Å². The smallest absolute Gasteiger partial charge is 0.227 e. The normalized spacial score (nSPS) is 13.4. The van der Waals surface area contributed by atoms with Gasteiger partial charge in [0, 0.05) is 25.2 Å². The van der Waals surface area contributed by atoms with Crippen molar-refractivity contribution in [2.24, 2.45) is 0 Å². The van der Waals surface area contributed by atoms with Crippen molar-refractivity contribution in [2.45, 2.75) is 65.8 Å². The highest BCUT2D eigenvalue weighted by molar-refractivity contribution is 5.43. The fourth-order valence-electron chi connectivity index (χ4n) is 3.70. The molecule has 6 nitrogen and oxygen atoms in total. The molecule has 0 spiro atoms. The summed E-state index contributed by atoms with van der Waals surface area (Å²) in [5, 5.41) is 15.4. The van der Waals surface area contributed by atoms with E-state index in [9.17, 15) is 9.50 Å². The largest absolute Gasteiger partial charge is 0.438 e. The number of aryl methyl sites for hydroxylation is 1. The van der Waals surface area contributed by atoms with Crippen LogP contribution in [0.1, 0.15) is 45.4 Å². The molecule has 34 heavy (non-hydrogen) atoms. The molecule has 0 aliphatic heterocycles. The van der Waals surface area contributed by atoms with Crippen molar-refractivity contribution >= 4 is 0 Å². The second kappa shape index (κ2) is 12.1. The van der Waals surface area contributed by atoms with Crippen LogP contribution < -0.4 is 4.74 Å². The van der Waals surface area contributed by atoms with Crippen molar-refractivity contribution < 1.29 is 19.0 Å². The SMILES string of the molecule is CC[C@@H](C)N(Cc1c(C)nn(-c2ccccc2)c1Oc1cccc(F)c1)C[C@@H](O)COC(C)C. The molecule has 3 aromatic rings. The Hall–Kier alpha value is -2.74. The third-order valence-corrected chi connectivity index (χ3v) is 5.79. The molecule has 0 fully saturated rings. The van der Waals surface area contributed by atoms with E-state index in [1.807, 2.05) is 51.1 Å². The molecule has 0 saturated carbocycles. The van der Waals surface area contributed by atoms with Crippen molar-refractivity contribution in [1.82, 2.24) is 14.7 Å². The van der Waals surface area contributed by atoms with E-state index in [1.54, 1.807) is 16.8 Å². The minimum absolute atomic E-state index is 0.0596. The van der Waals surface area contributed by atoms with Crippen molar-refractivity contribution in [3.05, 3.63) is 71.7 Å². The molecule has 0 bridgehead atoms. The van der Waals surface area contributed by atoms with Crippen LogP contribution in [0.25, 0.3) is 5.69 Å². The monoisotopic (exact) mass is 469 g/mol. The maximum Gasteiger partial charge on any atom is 0.227 e. The maximum absolute atomic E-state index is 13.9. The van der Waals surface area contributed by atoms with E-state index in [0.717, 1.165) is 23.4 Å². The van der Waals surface area contributed by atoms with Crippen LogP contribution in [0.3, 0.4) is 0 Å². The first-order chi connectivity index (χ1) is 16.3. The lowest BCUT2D eigenvalue weighted by atomic mass is 10.1. The summed E-state index contributed by atoms with van der Waals surface area (Å²) >= 11 is 0. The van der Waals surface area contributed by atoms with E-state index in [-0.39, 0.29) is 24.6 Å². The molecule has 7 heteroatoms. The molecule has 1 aromatic heterocycles. The van der Waals surface area contributed by atoms with Gasteiger partial charge in [-0.3, -0.25) is 4.90 Å². The number of nitrogens with zero attached hydrogens (tertiary/aromatic N) is 3. The van der Waals surface area contributed by atoms with Crippen molar-refractivity contribution in [3.63, 3.8) is 0 Å². The van der Waals surface area contributed by atoms with E-state index >= 15 is 0 Å². The van der Waals surface area contributed by atoms with Crippen LogP contribution >= 0.6 is 0 Å². The molecule has 2 atom stereocenters. The van der Waals surface area contributed by atoms with Crippen LogP contribution in [0, 0.1) is 12.7 Å². The lowest BCUT2D eigenvalue weighted by molar-refractivity contribution is -0.0150. The fraction of sp³-hybridized carbons (Fsp3) is 0.444. The quantitative estimate of drug-likeness (QED) is 0.380. The molecule has 0 radical (unpaired) electrons. The Kier molecular flexibility index (Phi) is 9.21. The zero-order valence-corrected chi connectivity index (χ0v) is 20.7. The van der Waals surface area contributed by atoms with Gasteiger partial charge in [0.05, 0.1) is 35.8 Å². The van der Waals surface area contributed by atoms with Crippen molar-refractivity contribution in [3.8, 4) is 17.3 Å². The number of hydrogen-bond donors (Lipinski definition) is 1. The van der Waals surface area contributed by atoms with Gasteiger partial charge in [0.1, 0.15) is 11.6 Å². The Morgan fingerprint density at radius 1 is 1.09 bits per heavy atom. The standard InChI is InChI=1S/C27H36FN3O3/c1-6-20(4)30(16-24(32)18-33-19(2)3)17-26-21(5)29-31(23-12-8-7-9-13-23)27(26)34-25-14-10-11-22(28)15-25/h7-15,19-20,24,32H,6,16-18H2,1-5H3/t20-,24-/m1/s1.